The maximum Gasteiger partial charge on any atom is 0.227 e. The molecule has 2 atom stereocenters. The van der Waals surface area contributed by atoms with E-state index in [1.165, 1.54) is 5.56 Å². The summed E-state index contributed by atoms with van der Waals surface area (Å²) in [5.41, 5.74) is 2.08. The van der Waals surface area contributed by atoms with E-state index in [1.807, 2.05) is 24.3 Å². The first-order valence-electron chi connectivity index (χ1n) is 8.24. The summed E-state index contributed by atoms with van der Waals surface area (Å²) in [5.74, 6) is -0.324. The van der Waals surface area contributed by atoms with Gasteiger partial charge in [-0.3, -0.25) is 9.59 Å². The van der Waals surface area contributed by atoms with E-state index in [-0.39, 0.29) is 24.2 Å². The van der Waals surface area contributed by atoms with Gasteiger partial charge in [0.1, 0.15) is 0 Å². The highest BCUT2D eigenvalue weighted by Gasteiger charge is 2.36. The van der Waals surface area contributed by atoms with Gasteiger partial charge in [-0.05, 0) is 37.5 Å². The Kier molecular flexibility index (Phi) is 5.77. The van der Waals surface area contributed by atoms with E-state index < -0.39 is 6.10 Å². The smallest absolute Gasteiger partial charge is 0.227 e. The fraction of sp³-hybridized carbons (Fsp3) is 0.556. The van der Waals surface area contributed by atoms with Crippen LogP contribution in [-0.2, 0) is 16.0 Å². The van der Waals surface area contributed by atoms with Gasteiger partial charge in [0.05, 0.1) is 12.0 Å². The molecule has 5 nitrogen and oxygen atoms in total. The van der Waals surface area contributed by atoms with Crippen LogP contribution in [0.1, 0.15) is 32.3 Å². The molecular formula is C18H26N2O3. The lowest BCUT2D eigenvalue weighted by atomic mass is 10.1. The van der Waals surface area contributed by atoms with E-state index in [9.17, 15) is 14.7 Å². The van der Waals surface area contributed by atoms with Gasteiger partial charge in [-0.25, -0.2) is 0 Å². The Morgan fingerprint density at radius 1 is 1.39 bits per heavy atom. The SMILES string of the molecule is CCc1ccc(N2CC(C(=O)N(C)CCC(C)O)CC2=O)cc1. The maximum absolute atomic E-state index is 12.4. The second kappa shape index (κ2) is 7.59. The van der Waals surface area contributed by atoms with Crippen LogP contribution >= 0.6 is 0 Å². The van der Waals surface area contributed by atoms with Gasteiger partial charge in [-0.2, -0.15) is 0 Å². The largest absolute Gasteiger partial charge is 0.393 e. The van der Waals surface area contributed by atoms with E-state index in [0.717, 1.165) is 12.1 Å². The second-order valence-corrected chi connectivity index (χ2v) is 6.32. The first-order chi connectivity index (χ1) is 10.9. The average Bonchev–Trinajstić information content (AvgIpc) is 2.93. The Labute approximate surface area is 137 Å². The van der Waals surface area contributed by atoms with Crippen LogP contribution in [0.25, 0.3) is 0 Å². The van der Waals surface area contributed by atoms with E-state index in [2.05, 4.69) is 6.92 Å². The number of aryl methyl sites for hydroxylation is 1. The van der Waals surface area contributed by atoms with Crippen LogP contribution in [-0.4, -0.2) is 48.1 Å². The monoisotopic (exact) mass is 318 g/mol. The Morgan fingerprint density at radius 2 is 2.04 bits per heavy atom. The zero-order valence-electron chi connectivity index (χ0n) is 14.2. The van der Waals surface area contributed by atoms with Crippen LogP contribution in [0.3, 0.4) is 0 Å². The molecule has 126 valence electrons. The summed E-state index contributed by atoms with van der Waals surface area (Å²) in [6.07, 6.45) is 1.34. The van der Waals surface area contributed by atoms with Crippen molar-refractivity contribution in [2.45, 2.75) is 39.2 Å². The summed E-state index contributed by atoms with van der Waals surface area (Å²) in [6.45, 7) is 4.74. The molecule has 1 aliphatic rings. The molecule has 1 aliphatic heterocycles. The normalized spacial score (nSPS) is 19.0. The molecule has 1 aromatic rings. The van der Waals surface area contributed by atoms with Crippen LogP contribution in [0.2, 0.25) is 0 Å². The summed E-state index contributed by atoms with van der Waals surface area (Å²) >= 11 is 0. The number of hydrogen-bond donors (Lipinski definition) is 1. The molecule has 0 radical (unpaired) electrons. The minimum atomic E-state index is -0.427. The number of carbonyl (C=O) groups is 2. The predicted octanol–water partition coefficient (Wildman–Crippen LogP) is 1.83. The van der Waals surface area contributed by atoms with E-state index in [4.69, 9.17) is 0 Å². The highest BCUT2D eigenvalue weighted by Crippen LogP contribution is 2.26. The summed E-state index contributed by atoms with van der Waals surface area (Å²) in [7, 11) is 1.73. The van der Waals surface area contributed by atoms with Crippen LogP contribution in [0.5, 0.6) is 0 Å². The molecule has 2 unspecified atom stereocenters. The van der Waals surface area contributed by atoms with Crippen LogP contribution in [0.15, 0.2) is 24.3 Å². The molecule has 1 fully saturated rings. The lowest BCUT2D eigenvalue weighted by Gasteiger charge is -2.22. The fourth-order valence-electron chi connectivity index (χ4n) is 2.84. The molecule has 1 saturated heterocycles. The van der Waals surface area contributed by atoms with Gasteiger partial charge in [-0.1, -0.05) is 19.1 Å². The number of anilines is 1. The van der Waals surface area contributed by atoms with Gasteiger partial charge in [0.2, 0.25) is 11.8 Å². The Bertz CT molecular complexity index is 554. The number of nitrogens with zero attached hydrogens (tertiary/aromatic N) is 2. The van der Waals surface area contributed by atoms with Crippen LogP contribution in [0, 0.1) is 5.92 Å². The van der Waals surface area contributed by atoms with Gasteiger partial charge >= 0.3 is 0 Å². The van der Waals surface area contributed by atoms with Gasteiger partial charge in [0.15, 0.2) is 0 Å². The molecule has 2 amide bonds. The number of carbonyl (C=O) groups excluding carboxylic acids is 2. The number of rotatable bonds is 6. The van der Waals surface area contributed by atoms with Gasteiger partial charge < -0.3 is 14.9 Å². The zero-order chi connectivity index (χ0) is 17.0. The number of aliphatic hydroxyl groups excluding tert-OH is 1. The quantitative estimate of drug-likeness (QED) is 0.870. The minimum absolute atomic E-state index is 0.00322. The first kappa shape index (κ1) is 17.5. The van der Waals surface area contributed by atoms with Crippen molar-refractivity contribution < 1.29 is 14.7 Å². The third kappa shape index (κ3) is 4.32. The first-order valence-corrected chi connectivity index (χ1v) is 8.24. The van der Waals surface area contributed by atoms with Crippen molar-refractivity contribution in [1.29, 1.82) is 0 Å². The lowest BCUT2D eigenvalue weighted by molar-refractivity contribution is -0.134. The number of aliphatic hydroxyl groups is 1. The topological polar surface area (TPSA) is 60.9 Å². The lowest BCUT2D eigenvalue weighted by Crippen LogP contribution is -2.36. The van der Waals surface area contributed by atoms with Crippen LogP contribution in [0.4, 0.5) is 5.69 Å². The summed E-state index contributed by atoms with van der Waals surface area (Å²) in [6, 6.07) is 7.93. The Morgan fingerprint density at radius 3 is 2.61 bits per heavy atom. The molecule has 0 spiro atoms. The molecule has 1 aromatic carbocycles. The fourth-order valence-corrected chi connectivity index (χ4v) is 2.84. The molecule has 5 heteroatoms. The number of benzene rings is 1. The molecule has 1 N–H and O–H groups in total. The molecule has 0 aliphatic carbocycles. The molecule has 23 heavy (non-hydrogen) atoms. The molecule has 0 aromatic heterocycles. The van der Waals surface area contributed by atoms with Crippen molar-refractivity contribution in [2.75, 3.05) is 25.0 Å². The predicted molar refractivity (Wildman–Crippen MR) is 90.2 cm³/mol. The molecule has 2 rings (SSSR count). The Balaban J connectivity index is 1.99. The van der Waals surface area contributed by atoms with Crippen molar-refractivity contribution in [3.63, 3.8) is 0 Å². The average molecular weight is 318 g/mol. The van der Waals surface area contributed by atoms with E-state index >= 15 is 0 Å². The van der Waals surface area contributed by atoms with Crippen LogP contribution < -0.4 is 4.90 Å². The minimum Gasteiger partial charge on any atom is -0.393 e. The van der Waals surface area contributed by atoms with Gasteiger partial charge in [0.25, 0.3) is 0 Å². The third-order valence-corrected chi connectivity index (χ3v) is 4.39. The maximum atomic E-state index is 12.4. The zero-order valence-corrected chi connectivity index (χ0v) is 14.2. The van der Waals surface area contributed by atoms with Crippen molar-refractivity contribution in [3.05, 3.63) is 29.8 Å². The van der Waals surface area contributed by atoms with Crippen molar-refractivity contribution in [2.24, 2.45) is 5.92 Å². The molecular weight excluding hydrogens is 292 g/mol. The number of amides is 2. The van der Waals surface area contributed by atoms with Crippen molar-refractivity contribution in [3.8, 4) is 0 Å². The summed E-state index contributed by atoms with van der Waals surface area (Å²) in [4.78, 5) is 28.0. The molecule has 0 saturated carbocycles. The highest BCUT2D eigenvalue weighted by molar-refractivity contribution is 6.00. The van der Waals surface area contributed by atoms with Crippen molar-refractivity contribution in [1.82, 2.24) is 4.90 Å². The molecule has 0 bridgehead atoms. The van der Waals surface area contributed by atoms with E-state index in [1.54, 1.807) is 23.8 Å². The molecule has 1 heterocycles. The standard InChI is InChI=1S/C18H26N2O3/c1-4-14-5-7-16(8-6-14)20-12-15(11-17(20)22)18(23)19(3)10-9-13(2)21/h5-8,13,15,21H,4,9-12H2,1-3H3. The summed E-state index contributed by atoms with van der Waals surface area (Å²) < 4.78 is 0. The third-order valence-electron chi connectivity index (χ3n) is 4.39. The highest BCUT2D eigenvalue weighted by atomic mass is 16.3. The summed E-state index contributed by atoms with van der Waals surface area (Å²) in [5, 5.41) is 9.32. The van der Waals surface area contributed by atoms with E-state index in [0.29, 0.717) is 19.5 Å². The van der Waals surface area contributed by atoms with Gasteiger partial charge in [-0.15, -0.1) is 0 Å². The Hall–Kier alpha value is -1.88. The number of hydrogen-bond acceptors (Lipinski definition) is 3. The van der Waals surface area contributed by atoms with Crippen molar-refractivity contribution >= 4 is 17.5 Å². The van der Waals surface area contributed by atoms with Gasteiger partial charge in [0, 0.05) is 32.2 Å². The second-order valence-electron chi connectivity index (χ2n) is 6.32.